The van der Waals surface area contributed by atoms with E-state index in [0.29, 0.717) is 66.1 Å². The zero-order valence-electron chi connectivity index (χ0n) is 14.4. The summed E-state index contributed by atoms with van der Waals surface area (Å²) < 4.78 is 31.3. The number of aliphatic hydroxyl groups is 2. The molecule has 0 aromatic heterocycles. The average Bonchev–Trinajstić information content (AvgIpc) is 2.58. The first kappa shape index (κ1) is 23.4. The van der Waals surface area contributed by atoms with Gasteiger partial charge in [0.2, 0.25) is 0 Å². The van der Waals surface area contributed by atoms with Crippen molar-refractivity contribution in [1.29, 1.82) is 0 Å². The van der Waals surface area contributed by atoms with Crippen molar-refractivity contribution in [2.24, 2.45) is 0 Å². The fraction of sp³-hybridized carbons (Fsp3) is 0.875. The summed E-state index contributed by atoms with van der Waals surface area (Å²) in [6, 6.07) is 0. The third-order valence-corrected chi connectivity index (χ3v) is 2.58. The first-order valence-corrected chi connectivity index (χ1v) is 8.17. The molecule has 0 radical (unpaired) electrons. The highest BCUT2D eigenvalue weighted by Crippen LogP contribution is 1.89. The highest BCUT2D eigenvalue weighted by molar-refractivity contribution is 4.64. The zero-order valence-corrected chi connectivity index (χ0v) is 14.4. The van der Waals surface area contributed by atoms with E-state index in [1.807, 2.05) is 0 Å². The number of rotatable bonds is 20. The van der Waals surface area contributed by atoms with E-state index in [2.05, 4.69) is 6.58 Å². The summed E-state index contributed by atoms with van der Waals surface area (Å²) in [5.74, 6) is 0. The zero-order chi connectivity index (χ0) is 17.7. The van der Waals surface area contributed by atoms with Crippen LogP contribution in [-0.4, -0.2) is 102 Å². The summed E-state index contributed by atoms with van der Waals surface area (Å²) in [7, 11) is 0. The Morgan fingerprint density at radius 1 is 0.667 bits per heavy atom. The van der Waals surface area contributed by atoms with Crippen LogP contribution in [0.15, 0.2) is 12.7 Å². The Labute approximate surface area is 144 Å². The van der Waals surface area contributed by atoms with Gasteiger partial charge in [-0.15, -0.1) is 6.58 Å². The largest absolute Gasteiger partial charge is 0.394 e. The van der Waals surface area contributed by atoms with Gasteiger partial charge in [-0.1, -0.05) is 6.08 Å². The Balaban J connectivity index is 3.06. The maximum Gasteiger partial charge on any atom is 0.101 e. The molecule has 0 aliphatic carbocycles. The van der Waals surface area contributed by atoms with Crippen LogP contribution < -0.4 is 0 Å². The van der Waals surface area contributed by atoms with Crippen molar-refractivity contribution in [3.8, 4) is 0 Å². The highest BCUT2D eigenvalue weighted by atomic mass is 16.6. The van der Waals surface area contributed by atoms with Crippen LogP contribution in [-0.2, 0) is 28.4 Å². The molecule has 0 rings (SSSR count). The van der Waals surface area contributed by atoms with Crippen molar-refractivity contribution in [2.45, 2.75) is 6.10 Å². The third-order valence-electron chi connectivity index (χ3n) is 2.58. The molecule has 0 saturated carbocycles. The molecule has 0 saturated heterocycles. The van der Waals surface area contributed by atoms with E-state index >= 15 is 0 Å². The minimum absolute atomic E-state index is 0.0267. The van der Waals surface area contributed by atoms with Crippen molar-refractivity contribution in [2.75, 3.05) is 85.9 Å². The van der Waals surface area contributed by atoms with Crippen LogP contribution in [0.5, 0.6) is 0 Å². The van der Waals surface area contributed by atoms with Gasteiger partial charge in [0, 0.05) is 0 Å². The second-order valence-electron chi connectivity index (χ2n) is 4.73. The van der Waals surface area contributed by atoms with Crippen molar-refractivity contribution in [1.82, 2.24) is 0 Å². The summed E-state index contributed by atoms with van der Waals surface area (Å²) in [4.78, 5) is 0. The lowest BCUT2D eigenvalue weighted by atomic mass is 10.4. The topological polar surface area (TPSA) is 95.8 Å². The second-order valence-corrected chi connectivity index (χ2v) is 4.73. The molecule has 24 heavy (non-hydrogen) atoms. The van der Waals surface area contributed by atoms with Crippen LogP contribution in [0, 0.1) is 0 Å². The maximum atomic E-state index is 9.50. The predicted molar refractivity (Wildman–Crippen MR) is 88.2 cm³/mol. The molecule has 0 aromatic carbocycles. The van der Waals surface area contributed by atoms with E-state index in [0.717, 1.165) is 0 Å². The molecule has 0 bridgehead atoms. The molecule has 144 valence electrons. The molecule has 0 spiro atoms. The number of hydrogen-bond donors (Lipinski definition) is 2. The van der Waals surface area contributed by atoms with Crippen LogP contribution in [0.1, 0.15) is 0 Å². The van der Waals surface area contributed by atoms with E-state index in [9.17, 15) is 5.11 Å². The molecule has 1 atom stereocenters. The van der Waals surface area contributed by atoms with Crippen LogP contribution in [0.4, 0.5) is 0 Å². The average molecular weight is 352 g/mol. The van der Waals surface area contributed by atoms with Gasteiger partial charge in [0.1, 0.15) is 6.10 Å². The Morgan fingerprint density at radius 2 is 1.08 bits per heavy atom. The third kappa shape index (κ3) is 19.5. The SMILES string of the molecule is C=CCOCC(O)COCCOCCOCCOCCOCCO. The molecule has 8 heteroatoms. The molecule has 2 N–H and O–H groups in total. The highest BCUT2D eigenvalue weighted by Gasteiger charge is 2.03. The fourth-order valence-corrected chi connectivity index (χ4v) is 1.50. The summed E-state index contributed by atoms with van der Waals surface area (Å²) in [5.41, 5.74) is 0. The molecule has 0 fully saturated rings. The van der Waals surface area contributed by atoms with Crippen LogP contribution in [0.2, 0.25) is 0 Å². The van der Waals surface area contributed by atoms with Gasteiger partial charge in [-0.25, -0.2) is 0 Å². The van der Waals surface area contributed by atoms with Gasteiger partial charge in [0.15, 0.2) is 0 Å². The van der Waals surface area contributed by atoms with Gasteiger partial charge in [-0.05, 0) is 0 Å². The van der Waals surface area contributed by atoms with E-state index < -0.39 is 6.10 Å². The molecule has 1 unspecified atom stereocenters. The summed E-state index contributed by atoms with van der Waals surface area (Å²) >= 11 is 0. The van der Waals surface area contributed by atoms with Gasteiger partial charge >= 0.3 is 0 Å². The molecule has 0 aliphatic rings. The molecule has 0 aliphatic heterocycles. The van der Waals surface area contributed by atoms with Gasteiger partial charge < -0.3 is 38.6 Å². The lowest BCUT2D eigenvalue weighted by molar-refractivity contribution is -0.0367. The molecule has 0 heterocycles. The first-order chi connectivity index (χ1) is 11.8. The Hall–Kier alpha value is -0.580. The van der Waals surface area contributed by atoms with Gasteiger partial charge in [0.25, 0.3) is 0 Å². The number of ether oxygens (including phenoxy) is 6. The minimum atomic E-state index is -0.637. The second kappa shape index (κ2) is 20.5. The fourth-order valence-electron chi connectivity index (χ4n) is 1.50. The smallest absolute Gasteiger partial charge is 0.101 e. The van der Waals surface area contributed by atoms with Crippen LogP contribution in [0.25, 0.3) is 0 Å². The quantitative estimate of drug-likeness (QED) is 0.226. The standard InChI is InChI=1S/C16H32O8/c1-2-4-23-14-16(18)15-24-13-12-22-11-10-21-9-8-20-7-6-19-5-3-17/h2,16-18H,1,3-15H2. The van der Waals surface area contributed by atoms with Gasteiger partial charge in [0.05, 0.1) is 85.9 Å². The monoisotopic (exact) mass is 352 g/mol. The number of hydrogen-bond acceptors (Lipinski definition) is 8. The Morgan fingerprint density at radius 3 is 1.54 bits per heavy atom. The minimum Gasteiger partial charge on any atom is -0.394 e. The van der Waals surface area contributed by atoms with E-state index in [-0.39, 0.29) is 19.8 Å². The summed E-state index contributed by atoms with van der Waals surface area (Å²) in [5, 5.41) is 18.0. The maximum absolute atomic E-state index is 9.50. The van der Waals surface area contributed by atoms with E-state index in [1.54, 1.807) is 6.08 Å². The molecule has 0 amide bonds. The predicted octanol–water partition coefficient (Wildman–Crippen LogP) is -0.375. The lowest BCUT2D eigenvalue weighted by Gasteiger charge is -2.11. The normalized spacial score (nSPS) is 12.4. The van der Waals surface area contributed by atoms with E-state index in [4.69, 9.17) is 33.5 Å². The first-order valence-electron chi connectivity index (χ1n) is 8.17. The lowest BCUT2D eigenvalue weighted by Crippen LogP contribution is -2.23. The Kier molecular flexibility index (Phi) is 20.0. The van der Waals surface area contributed by atoms with Crippen molar-refractivity contribution in [3.05, 3.63) is 12.7 Å². The van der Waals surface area contributed by atoms with Crippen LogP contribution in [0.3, 0.4) is 0 Å². The van der Waals surface area contributed by atoms with Crippen LogP contribution >= 0.6 is 0 Å². The molecular formula is C16H32O8. The van der Waals surface area contributed by atoms with Crippen molar-refractivity contribution < 1.29 is 38.6 Å². The number of aliphatic hydroxyl groups excluding tert-OH is 2. The summed E-state index contributed by atoms with van der Waals surface area (Å²) in [6.07, 6.45) is 0.992. The molecular weight excluding hydrogens is 320 g/mol. The molecule has 8 nitrogen and oxygen atoms in total. The molecule has 0 aromatic rings. The Bertz CT molecular complexity index is 252. The van der Waals surface area contributed by atoms with Crippen molar-refractivity contribution in [3.63, 3.8) is 0 Å². The van der Waals surface area contributed by atoms with E-state index in [1.165, 1.54) is 0 Å². The van der Waals surface area contributed by atoms with Gasteiger partial charge in [-0.2, -0.15) is 0 Å². The summed E-state index contributed by atoms with van der Waals surface area (Å²) in [6.45, 7) is 8.53. The van der Waals surface area contributed by atoms with Gasteiger partial charge in [-0.3, -0.25) is 0 Å². The van der Waals surface area contributed by atoms with Crippen molar-refractivity contribution >= 4 is 0 Å².